The third-order valence-electron chi connectivity index (χ3n) is 5.39. The Morgan fingerprint density at radius 1 is 1.23 bits per heavy atom. The van der Waals surface area contributed by atoms with Crippen molar-refractivity contribution in [1.29, 1.82) is 0 Å². The minimum Gasteiger partial charge on any atom is -0.471 e. The molecule has 0 aliphatic carbocycles. The summed E-state index contributed by atoms with van der Waals surface area (Å²) in [5.74, 6) is -0.587. The maximum Gasteiger partial charge on any atom is 0.410 e. The molecule has 10 nitrogen and oxygen atoms in total. The molecule has 2 unspecified atom stereocenters. The first kappa shape index (κ1) is 22.8. The van der Waals surface area contributed by atoms with Crippen molar-refractivity contribution in [1.82, 2.24) is 4.90 Å². The van der Waals surface area contributed by atoms with Crippen molar-refractivity contribution < 1.29 is 33.5 Å². The van der Waals surface area contributed by atoms with E-state index in [-0.39, 0.29) is 17.9 Å². The second-order valence-corrected chi connectivity index (χ2v) is 8.59. The van der Waals surface area contributed by atoms with Crippen LogP contribution in [0, 0.1) is 10.1 Å². The van der Waals surface area contributed by atoms with E-state index in [4.69, 9.17) is 18.9 Å². The number of rotatable bonds is 3. The smallest absolute Gasteiger partial charge is 0.410 e. The van der Waals surface area contributed by atoms with Gasteiger partial charge in [-0.05, 0) is 44.7 Å². The van der Waals surface area contributed by atoms with Crippen LogP contribution in [-0.2, 0) is 31.8 Å². The molecule has 0 radical (unpaired) electrons. The first-order chi connectivity index (χ1) is 14.6. The lowest BCUT2D eigenvalue weighted by Crippen LogP contribution is -2.38. The zero-order valence-corrected chi connectivity index (χ0v) is 18.4. The third kappa shape index (κ3) is 4.73. The fourth-order valence-corrected chi connectivity index (χ4v) is 4.00. The Bertz CT molecular complexity index is 892. The maximum atomic E-state index is 12.5. The monoisotopic (exact) mass is 436 g/mol. The number of nitrogens with zero attached hydrogens (tertiary/aromatic N) is 2. The first-order valence-corrected chi connectivity index (χ1v) is 10.1. The van der Waals surface area contributed by atoms with Crippen molar-refractivity contribution in [2.45, 2.75) is 57.8 Å². The first-order valence-electron chi connectivity index (χ1n) is 10.1. The van der Waals surface area contributed by atoms with Crippen LogP contribution in [0.25, 0.3) is 0 Å². The molecule has 0 spiro atoms. The summed E-state index contributed by atoms with van der Waals surface area (Å²) < 4.78 is 21.6. The van der Waals surface area contributed by atoms with Gasteiger partial charge in [0.05, 0.1) is 18.1 Å². The maximum absolute atomic E-state index is 12.5. The van der Waals surface area contributed by atoms with Gasteiger partial charge in [-0.25, -0.2) is 9.59 Å². The van der Waals surface area contributed by atoms with Crippen LogP contribution in [-0.4, -0.2) is 60.9 Å². The van der Waals surface area contributed by atoms with Crippen LogP contribution in [0.2, 0.25) is 0 Å². The average Bonchev–Trinajstić information content (AvgIpc) is 2.92. The van der Waals surface area contributed by atoms with Crippen LogP contribution >= 0.6 is 0 Å². The molecule has 2 aliphatic rings. The molecule has 0 saturated carbocycles. The molecule has 0 aromatic heterocycles. The van der Waals surface area contributed by atoms with Gasteiger partial charge in [0.2, 0.25) is 5.75 Å². The Balaban J connectivity index is 2.01. The topological polar surface area (TPSA) is 117 Å². The predicted octanol–water partition coefficient (Wildman–Crippen LogP) is 2.94. The van der Waals surface area contributed by atoms with Crippen molar-refractivity contribution >= 4 is 17.7 Å². The number of benzene rings is 1. The number of ether oxygens (including phenoxy) is 4. The minimum absolute atomic E-state index is 0.0305. The predicted molar refractivity (Wildman–Crippen MR) is 109 cm³/mol. The Hall–Kier alpha value is -2.88. The Morgan fingerprint density at radius 3 is 2.48 bits per heavy atom. The molecular formula is C21H28N2O8. The van der Waals surface area contributed by atoms with E-state index < -0.39 is 34.8 Å². The van der Waals surface area contributed by atoms with Crippen molar-refractivity contribution in [3.8, 4) is 5.75 Å². The number of methoxy groups -OCH3 is 2. The van der Waals surface area contributed by atoms with Crippen molar-refractivity contribution in [3.63, 3.8) is 0 Å². The lowest BCUT2D eigenvalue weighted by Gasteiger charge is -2.32. The minimum atomic E-state index is -0.997. The van der Waals surface area contributed by atoms with E-state index >= 15 is 0 Å². The molecule has 1 aromatic rings. The SMILES string of the molecule is COC(=O)C1CC(OC)c2c3c(cc([N+](=O)[O-])c2O1)CCN(C(=O)OC(C)(C)C)CC3. The zero-order chi connectivity index (χ0) is 22.9. The highest BCUT2D eigenvalue weighted by Gasteiger charge is 2.41. The van der Waals surface area contributed by atoms with Gasteiger partial charge in [0.1, 0.15) is 5.60 Å². The van der Waals surface area contributed by atoms with E-state index in [1.54, 1.807) is 25.7 Å². The van der Waals surface area contributed by atoms with Crippen LogP contribution in [0.3, 0.4) is 0 Å². The van der Waals surface area contributed by atoms with E-state index in [0.29, 0.717) is 31.5 Å². The second kappa shape index (κ2) is 8.70. The fourth-order valence-electron chi connectivity index (χ4n) is 4.00. The molecule has 31 heavy (non-hydrogen) atoms. The highest BCUT2D eigenvalue weighted by Crippen LogP contribution is 2.47. The highest BCUT2D eigenvalue weighted by molar-refractivity contribution is 5.76. The van der Waals surface area contributed by atoms with E-state index in [1.165, 1.54) is 20.3 Å². The van der Waals surface area contributed by atoms with Crippen LogP contribution in [0.4, 0.5) is 10.5 Å². The molecule has 1 amide bonds. The van der Waals surface area contributed by atoms with Gasteiger partial charge >= 0.3 is 17.7 Å². The summed E-state index contributed by atoms with van der Waals surface area (Å²) >= 11 is 0. The van der Waals surface area contributed by atoms with Crippen LogP contribution in [0.15, 0.2) is 6.07 Å². The standard InChI is InChI=1S/C21H28N2O8/c1-21(2,3)31-20(25)22-8-6-12-10-14(23(26)27)18-17(13(12)7-9-22)15(28-4)11-16(30-18)19(24)29-5/h10,15-16H,6-9,11H2,1-5H3. The van der Waals surface area contributed by atoms with Gasteiger partial charge in [-0.3, -0.25) is 10.1 Å². The molecule has 1 aromatic carbocycles. The van der Waals surface area contributed by atoms with Gasteiger partial charge in [-0.2, -0.15) is 0 Å². The van der Waals surface area contributed by atoms with Crippen molar-refractivity contribution in [2.75, 3.05) is 27.3 Å². The quantitative estimate of drug-likeness (QED) is 0.403. The molecule has 2 aliphatic heterocycles. The van der Waals surface area contributed by atoms with Gasteiger partial charge < -0.3 is 23.8 Å². The number of nitro benzene ring substituents is 1. The van der Waals surface area contributed by atoms with Crippen molar-refractivity contribution in [2.24, 2.45) is 0 Å². The average molecular weight is 436 g/mol. The molecule has 0 saturated heterocycles. The molecule has 10 heteroatoms. The Labute approximate surface area is 180 Å². The van der Waals surface area contributed by atoms with E-state index in [9.17, 15) is 19.7 Å². The molecule has 170 valence electrons. The van der Waals surface area contributed by atoms with Crippen LogP contribution in [0.5, 0.6) is 5.75 Å². The number of carbonyl (C=O) groups excluding carboxylic acids is 2. The lowest BCUT2D eigenvalue weighted by molar-refractivity contribution is -0.386. The normalized spacial score (nSPS) is 20.6. The third-order valence-corrected chi connectivity index (χ3v) is 5.39. The van der Waals surface area contributed by atoms with Gasteiger partial charge in [0.15, 0.2) is 6.10 Å². The summed E-state index contributed by atoms with van der Waals surface area (Å²) in [6.07, 6.45) is -0.924. The number of carbonyl (C=O) groups is 2. The fraction of sp³-hybridized carbons (Fsp3) is 0.619. The molecular weight excluding hydrogens is 408 g/mol. The number of hydrogen-bond donors (Lipinski definition) is 0. The number of esters is 1. The Morgan fingerprint density at radius 2 is 1.90 bits per heavy atom. The molecule has 2 heterocycles. The highest BCUT2D eigenvalue weighted by atomic mass is 16.6. The summed E-state index contributed by atoms with van der Waals surface area (Å²) in [5.41, 5.74) is 1.33. The molecule has 2 atom stereocenters. The van der Waals surface area contributed by atoms with Gasteiger partial charge in [-0.1, -0.05) is 0 Å². The molecule has 0 N–H and O–H groups in total. The number of hydrogen-bond acceptors (Lipinski definition) is 8. The summed E-state index contributed by atoms with van der Waals surface area (Å²) in [4.78, 5) is 37.5. The van der Waals surface area contributed by atoms with E-state index in [0.717, 1.165) is 11.1 Å². The molecule has 3 rings (SSSR count). The summed E-state index contributed by atoms with van der Waals surface area (Å²) in [5, 5.41) is 11.8. The van der Waals surface area contributed by atoms with E-state index in [1.807, 2.05) is 0 Å². The van der Waals surface area contributed by atoms with Crippen molar-refractivity contribution in [3.05, 3.63) is 32.9 Å². The summed E-state index contributed by atoms with van der Waals surface area (Å²) in [6.45, 7) is 6.17. The van der Waals surface area contributed by atoms with E-state index in [2.05, 4.69) is 0 Å². The number of amides is 1. The zero-order valence-electron chi connectivity index (χ0n) is 18.4. The van der Waals surface area contributed by atoms with Gasteiger partial charge in [-0.15, -0.1) is 0 Å². The van der Waals surface area contributed by atoms with Crippen LogP contribution in [0.1, 0.15) is 50.0 Å². The lowest BCUT2D eigenvalue weighted by atomic mass is 9.88. The second-order valence-electron chi connectivity index (χ2n) is 8.59. The number of fused-ring (bicyclic) bond motifs is 3. The molecule has 0 bridgehead atoms. The number of nitro groups is 1. The summed E-state index contributed by atoms with van der Waals surface area (Å²) in [7, 11) is 2.72. The largest absolute Gasteiger partial charge is 0.471 e. The van der Waals surface area contributed by atoms with Gasteiger partial charge in [0, 0.05) is 38.2 Å². The van der Waals surface area contributed by atoms with Crippen LogP contribution < -0.4 is 4.74 Å². The Kier molecular flexibility index (Phi) is 6.40. The summed E-state index contributed by atoms with van der Waals surface area (Å²) in [6, 6.07) is 1.47. The molecule has 0 fully saturated rings. The van der Waals surface area contributed by atoms with Gasteiger partial charge in [0.25, 0.3) is 0 Å².